The quantitative estimate of drug-likeness (QED) is 0.123. The third-order valence-electron chi connectivity index (χ3n) is 8.63. The molecule has 3 heterocycles. The second kappa shape index (κ2) is 12.4. The molecule has 0 radical (unpaired) electrons. The van der Waals surface area contributed by atoms with Gasteiger partial charge in [0.25, 0.3) is 0 Å². The molecule has 3 N–H and O–H groups in total. The van der Waals surface area contributed by atoms with E-state index in [0.717, 1.165) is 44.6 Å². The predicted molar refractivity (Wildman–Crippen MR) is 183 cm³/mol. The van der Waals surface area contributed by atoms with E-state index in [1.54, 1.807) is 6.07 Å². The average Bonchev–Trinajstić information content (AvgIpc) is 3.73. The van der Waals surface area contributed by atoms with Gasteiger partial charge in [0.2, 0.25) is 0 Å². The van der Waals surface area contributed by atoms with E-state index >= 15 is 0 Å². The van der Waals surface area contributed by atoms with Gasteiger partial charge >= 0.3 is 19.2 Å². The maximum absolute atomic E-state index is 14.5. The van der Waals surface area contributed by atoms with Gasteiger partial charge < -0.3 is 14.9 Å². The molecule has 7 aromatic rings. The van der Waals surface area contributed by atoms with Crippen LogP contribution < -0.4 is 0 Å². The molecule has 0 aliphatic rings. The van der Waals surface area contributed by atoms with Crippen LogP contribution in [0.25, 0.3) is 32.4 Å². The van der Waals surface area contributed by atoms with Gasteiger partial charge in [-0.25, -0.2) is 14.5 Å². The number of carboxylic acid groups (broad SMARTS) is 1. The van der Waals surface area contributed by atoms with Crippen molar-refractivity contribution in [2.45, 2.75) is 24.0 Å². The molecule has 0 amide bonds. The van der Waals surface area contributed by atoms with Crippen molar-refractivity contribution in [3.63, 3.8) is 0 Å². The van der Waals surface area contributed by atoms with Crippen LogP contribution in [0.4, 0.5) is 8.78 Å². The van der Waals surface area contributed by atoms with E-state index in [4.69, 9.17) is 0 Å². The zero-order valence-corrected chi connectivity index (χ0v) is 27.2. The summed E-state index contributed by atoms with van der Waals surface area (Å²) in [5.74, 6) is -1.10. The second-order valence-corrected chi connectivity index (χ2v) is 14.3. The first kappa shape index (κ1) is 32.4. The zero-order chi connectivity index (χ0) is 34.4. The molecule has 0 saturated heterocycles. The number of aromatic carboxylic acids is 1. The van der Waals surface area contributed by atoms with Crippen LogP contribution in [0.2, 0.25) is 0 Å². The predicted octanol–water partition coefficient (Wildman–Crippen LogP) is 7.86. The van der Waals surface area contributed by atoms with Crippen LogP contribution in [-0.2, 0) is 28.6 Å². The van der Waals surface area contributed by atoms with Crippen molar-refractivity contribution in [1.82, 2.24) is 20.0 Å². The fraction of sp³-hybridized carbons (Fsp3) is 0.111. The Morgan fingerprint density at radius 1 is 0.796 bits per heavy atom. The molecule has 9 nitrogen and oxygen atoms in total. The highest BCUT2D eigenvalue weighted by molar-refractivity contribution is 7.52. The van der Waals surface area contributed by atoms with Crippen molar-refractivity contribution in [3.05, 3.63) is 149 Å². The molecule has 0 spiro atoms. The summed E-state index contributed by atoms with van der Waals surface area (Å²) >= 11 is 1.48. The standard InChI is InChI=1S/C36H27F2N4O5PS/c37-36(38,48(45,46)47)27-16-12-24(13-17-27)21-35(26-6-2-1-3-7-26,42-31-9-5-4-8-29(31)40-41-42)20-23-10-14-25(15-11-23)28-22-49-32-19-18-30(34(43)44)39-33(28)32/h1-19,22H,20-21H2,(H,43,44)(H2,45,46,47). The highest BCUT2D eigenvalue weighted by Crippen LogP contribution is 2.59. The molecule has 1 unspecified atom stereocenters. The minimum atomic E-state index is -5.74. The second-order valence-electron chi connectivity index (χ2n) is 11.7. The Morgan fingerprint density at radius 2 is 1.43 bits per heavy atom. The van der Waals surface area contributed by atoms with E-state index < -0.39 is 30.3 Å². The van der Waals surface area contributed by atoms with Crippen molar-refractivity contribution in [2.24, 2.45) is 0 Å². The van der Waals surface area contributed by atoms with Crippen LogP contribution in [0.15, 0.2) is 121 Å². The summed E-state index contributed by atoms with van der Waals surface area (Å²) < 4.78 is 43.4. The lowest BCUT2D eigenvalue weighted by Crippen LogP contribution is -2.40. The Morgan fingerprint density at radius 3 is 2.08 bits per heavy atom. The molecule has 246 valence electrons. The number of nitrogens with zero attached hydrogens (tertiary/aromatic N) is 4. The van der Waals surface area contributed by atoms with Gasteiger partial charge in [-0.1, -0.05) is 96.2 Å². The summed E-state index contributed by atoms with van der Waals surface area (Å²) in [5.41, 5.74) is 0.102. The van der Waals surface area contributed by atoms with E-state index in [1.165, 1.54) is 29.5 Å². The van der Waals surface area contributed by atoms with Crippen LogP contribution in [0.3, 0.4) is 0 Å². The Balaban J connectivity index is 1.34. The van der Waals surface area contributed by atoms with Crippen LogP contribution >= 0.6 is 18.9 Å². The molecule has 7 rings (SSSR count). The van der Waals surface area contributed by atoms with Gasteiger partial charge in [0.1, 0.15) is 11.2 Å². The number of thiophene rings is 1. The number of rotatable bonds is 10. The molecular weight excluding hydrogens is 669 g/mol. The molecule has 3 aromatic heterocycles. The maximum Gasteiger partial charge on any atom is 0.399 e. The van der Waals surface area contributed by atoms with Gasteiger partial charge in [0.15, 0.2) is 0 Å². The third kappa shape index (κ3) is 5.93. The lowest BCUT2D eigenvalue weighted by Gasteiger charge is -2.36. The summed E-state index contributed by atoms with van der Waals surface area (Å²) in [7, 11) is -5.74. The Labute approximate surface area is 282 Å². The van der Waals surface area contributed by atoms with Gasteiger partial charge in [0.05, 0.1) is 21.3 Å². The van der Waals surface area contributed by atoms with Gasteiger partial charge in [-0.15, -0.1) is 16.4 Å². The minimum Gasteiger partial charge on any atom is -0.477 e. The van der Waals surface area contributed by atoms with Crippen molar-refractivity contribution in [2.75, 3.05) is 0 Å². The topological polar surface area (TPSA) is 138 Å². The number of carbonyl (C=O) groups is 1. The summed E-state index contributed by atoms with van der Waals surface area (Å²) in [4.78, 5) is 34.5. The van der Waals surface area contributed by atoms with Gasteiger partial charge in [-0.2, -0.15) is 8.78 Å². The summed E-state index contributed by atoms with van der Waals surface area (Å²) in [6.45, 7) is 0. The molecular formula is C36H27F2N4O5PS. The molecule has 13 heteroatoms. The van der Waals surface area contributed by atoms with E-state index in [1.807, 2.05) is 88.9 Å². The van der Waals surface area contributed by atoms with E-state index in [9.17, 15) is 33.0 Å². The zero-order valence-electron chi connectivity index (χ0n) is 25.5. The largest absolute Gasteiger partial charge is 0.477 e. The third-order valence-corrected chi connectivity index (χ3v) is 10.6. The summed E-state index contributed by atoms with van der Waals surface area (Å²) in [6, 6.07) is 33.4. The highest BCUT2D eigenvalue weighted by Gasteiger charge is 2.50. The number of hydrogen-bond acceptors (Lipinski definition) is 6. The monoisotopic (exact) mass is 696 g/mol. The molecule has 0 aliphatic carbocycles. The Bertz CT molecular complexity index is 2360. The van der Waals surface area contributed by atoms with Crippen molar-refractivity contribution in [3.8, 4) is 11.1 Å². The Kier molecular flexibility index (Phi) is 8.20. The number of aromatic nitrogens is 4. The molecule has 49 heavy (non-hydrogen) atoms. The van der Waals surface area contributed by atoms with Gasteiger partial charge in [-0.05, 0) is 46.5 Å². The fourth-order valence-corrected chi connectivity index (χ4v) is 7.57. The first-order chi connectivity index (χ1) is 23.5. The summed E-state index contributed by atoms with van der Waals surface area (Å²) in [6.07, 6.45) is 0.668. The van der Waals surface area contributed by atoms with Crippen molar-refractivity contribution >= 4 is 46.2 Å². The maximum atomic E-state index is 14.5. The van der Waals surface area contributed by atoms with Crippen LogP contribution in [0.5, 0.6) is 0 Å². The molecule has 4 aromatic carbocycles. The van der Waals surface area contributed by atoms with Crippen LogP contribution in [0.1, 0.15) is 32.7 Å². The number of hydrogen-bond donors (Lipinski definition) is 3. The number of benzene rings is 4. The molecule has 1 atom stereocenters. The van der Waals surface area contributed by atoms with Gasteiger partial charge in [-0.3, -0.25) is 4.57 Å². The lowest BCUT2D eigenvalue weighted by atomic mass is 9.78. The molecule has 0 saturated carbocycles. The Hall–Kier alpha value is -5.13. The first-order valence-corrected chi connectivity index (χ1v) is 17.6. The number of fused-ring (bicyclic) bond motifs is 2. The average molecular weight is 697 g/mol. The number of alkyl halides is 2. The molecule has 0 fully saturated rings. The SMILES string of the molecule is O=C(O)c1ccc2scc(-c3ccc(CC(Cc4ccc(C(F)(F)P(=O)(O)O)cc4)(c4ccccc4)n4nnc5ccccc54)cc3)c2n1. The van der Waals surface area contributed by atoms with Crippen LogP contribution in [0, 0.1) is 0 Å². The number of halogens is 2. The smallest absolute Gasteiger partial charge is 0.399 e. The fourth-order valence-electron chi connectivity index (χ4n) is 6.18. The van der Waals surface area contributed by atoms with Gasteiger partial charge in [0, 0.05) is 29.3 Å². The molecule has 0 aliphatic heterocycles. The lowest BCUT2D eigenvalue weighted by molar-refractivity contribution is 0.0564. The molecule has 0 bridgehead atoms. The normalized spacial score (nSPS) is 13.5. The minimum absolute atomic E-state index is 0.0324. The number of carboxylic acids is 1. The highest BCUT2D eigenvalue weighted by atomic mass is 32.1. The van der Waals surface area contributed by atoms with E-state index in [2.05, 4.69) is 15.3 Å². The van der Waals surface area contributed by atoms with Crippen LogP contribution in [-0.4, -0.2) is 40.8 Å². The summed E-state index contributed by atoms with van der Waals surface area (Å²) in [5, 5.41) is 20.5. The number of para-hydroxylation sites is 1. The number of pyridine rings is 1. The first-order valence-electron chi connectivity index (χ1n) is 15.1. The van der Waals surface area contributed by atoms with E-state index in [-0.39, 0.29) is 12.1 Å². The van der Waals surface area contributed by atoms with E-state index in [0.29, 0.717) is 23.0 Å². The van der Waals surface area contributed by atoms with Crippen molar-refractivity contribution in [1.29, 1.82) is 0 Å². The van der Waals surface area contributed by atoms with Crippen molar-refractivity contribution < 1.29 is 33.0 Å².